The van der Waals surface area contributed by atoms with Gasteiger partial charge in [0.1, 0.15) is 5.76 Å². The molecule has 5 nitrogen and oxygen atoms in total. The number of carbonyl (C=O) groups excluding carboxylic acids is 1. The lowest BCUT2D eigenvalue weighted by Crippen LogP contribution is -2.44. The van der Waals surface area contributed by atoms with Crippen molar-refractivity contribution in [1.29, 1.82) is 0 Å². The highest BCUT2D eigenvalue weighted by Gasteiger charge is 2.23. The second-order valence-electron chi connectivity index (χ2n) is 6.46. The van der Waals surface area contributed by atoms with Gasteiger partial charge in [-0.1, -0.05) is 5.16 Å². The number of nitrogens with zero attached hydrogens (tertiary/aromatic N) is 2. The number of carbonyl (C=O) groups is 1. The molecule has 1 N–H and O–H groups in total. The molecule has 134 valence electrons. The molecule has 0 bridgehead atoms. The van der Waals surface area contributed by atoms with Gasteiger partial charge in [0.05, 0.1) is 5.69 Å². The highest BCUT2D eigenvalue weighted by atomic mass is 19.2. The number of amides is 1. The smallest absolute Gasteiger partial charge is 0.251 e. The number of likely N-dealkylation sites (tertiary alicyclic amines) is 1. The normalized spacial score (nSPS) is 16.2. The van der Waals surface area contributed by atoms with Crippen LogP contribution in [0.15, 0.2) is 22.7 Å². The highest BCUT2D eigenvalue weighted by molar-refractivity contribution is 5.94. The lowest BCUT2D eigenvalue weighted by Gasteiger charge is -2.32. The topological polar surface area (TPSA) is 58.4 Å². The molecule has 7 heteroatoms. The molecular weight excluding hydrogens is 328 g/mol. The Morgan fingerprint density at radius 3 is 2.60 bits per heavy atom. The number of benzene rings is 1. The summed E-state index contributed by atoms with van der Waals surface area (Å²) in [6.07, 6.45) is 1.61. The molecule has 25 heavy (non-hydrogen) atoms. The third-order valence-electron chi connectivity index (χ3n) is 4.67. The monoisotopic (exact) mass is 349 g/mol. The molecule has 0 aliphatic carbocycles. The van der Waals surface area contributed by atoms with E-state index in [-0.39, 0.29) is 17.5 Å². The van der Waals surface area contributed by atoms with E-state index in [1.807, 2.05) is 13.8 Å². The number of aryl methyl sites for hydroxylation is 2. The number of aromatic nitrogens is 1. The van der Waals surface area contributed by atoms with E-state index in [1.165, 1.54) is 6.07 Å². The predicted octanol–water partition coefficient (Wildman–Crippen LogP) is 2.96. The van der Waals surface area contributed by atoms with Crippen LogP contribution in [0.2, 0.25) is 0 Å². The summed E-state index contributed by atoms with van der Waals surface area (Å²) in [5.74, 6) is -1.50. The van der Waals surface area contributed by atoms with Crippen molar-refractivity contribution in [3.05, 3.63) is 52.4 Å². The zero-order valence-corrected chi connectivity index (χ0v) is 14.3. The third-order valence-corrected chi connectivity index (χ3v) is 4.67. The van der Waals surface area contributed by atoms with Gasteiger partial charge in [-0.2, -0.15) is 0 Å². The summed E-state index contributed by atoms with van der Waals surface area (Å²) in [5.41, 5.74) is 2.16. The number of rotatable bonds is 4. The zero-order valence-electron chi connectivity index (χ0n) is 14.3. The molecule has 1 aromatic heterocycles. The lowest BCUT2D eigenvalue weighted by molar-refractivity contribution is 0.0908. The molecule has 0 spiro atoms. The van der Waals surface area contributed by atoms with Gasteiger partial charge in [0.15, 0.2) is 11.6 Å². The Labute approximate surface area is 145 Å². The van der Waals surface area contributed by atoms with Crippen LogP contribution in [-0.2, 0) is 6.54 Å². The maximum absolute atomic E-state index is 13.2. The summed E-state index contributed by atoms with van der Waals surface area (Å²) in [4.78, 5) is 14.5. The lowest BCUT2D eigenvalue weighted by atomic mass is 10.0. The van der Waals surface area contributed by atoms with Crippen LogP contribution in [-0.4, -0.2) is 35.1 Å². The molecule has 0 unspecified atom stereocenters. The summed E-state index contributed by atoms with van der Waals surface area (Å²) in [5, 5.41) is 6.87. The molecule has 2 heterocycles. The molecule has 2 aromatic rings. The standard InChI is InChI=1S/C18H21F2N3O2/c1-11-15(12(2)25-22-11)10-23-7-5-14(6-8-23)21-18(24)13-3-4-16(19)17(20)9-13/h3-4,9,14H,5-8,10H2,1-2H3,(H,21,24). The summed E-state index contributed by atoms with van der Waals surface area (Å²) in [7, 11) is 0. The molecule has 1 amide bonds. The van der Waals surface area contributed by atoms with Gasteiger partial charge >= 0.3 is 0 Å². The Bertz CT molecular complexity index is 748. The van der Waals surface area contributed by atoms with Crippen molar-refractivity contribution in [2.75, 3.05) is 13.1 Å². The van der Waals surface area contributed by atoms with Gasteiger partial charge in [-0.25, -0.2) is 8.78 Å². The third kappa shape index (κ3) is 4.04. The Morgan fingerprint density at radius 1 is 1.28 bits per heavy atom. The second-order valence-corrected chi connectivity index (χ2v) is 6.46. The summed E-state index contributed by atoms with van der Waals surface area (Å²) >= 11 is 0. The average molecular weight is 349 g/mol. The second kappa shape index (κ2) is 7.31. The van der Waals surface area contributed by atoms with Gasteiger partial charge in [0.2, 0.25) is 0 Å². The first-order valence-corrected chi connectivity index (χ1v) is 8.34. The zero-order chi connectivity index (χ0) is 18.0. The number of hydrogen-bond donors (Lipinski definition) is 1. The van der Waals surface area contributed by atoms with Gasteiger partial charge in [0, 0.05) is 36.8 Å². The van der Waals surface area contributed by atoms with E-state index in [9.17, 15) is 13.6 Å². The summed E-state index contributed by atoms with van der Waals surface area (Å²) < 4.78 is 31.4. The minimum Gasteiger partial charge on any atom is -0.361 e. The van der Waals surface area contributed by atoms with Crippen molar-refractivity contribution in [1.82, 2.24) is 15.4 Å². The van der Waals surface area contributed by atoms with Crippen molar-refractivity contribution in [3.63, 3.8) is 0 Å². The molecule has 1 saturated heterocycles. The number of halogens is 2. The summed E-state index contributed by atoms with van der Waals surface area (Å²) in [6, 6.07) is 3.22. The molecule has 3 rings (SSSR count). The fourth-order valence-corrected chi connectivity index (χ4v) is 3.09. The van der Waals surface area contributed by atoms with Crippen LogP contribution in [0.1, 0.15) is 40.2 Å². The highest BCUT2D eigenvalue weighted by Crippen LogP contribution is 2.19. The van der Waals surface area contributed by atoms with Crippen LogP contribution >= 0.6 is 0 Å². The average Bonchev–Trinajstić information content (AvgIpc) is 2.91. The maximum atomic E-state index is 13.2. The van der Waals surface area contributed by atoms with E-state index in [2.05, 4.69) is 15.4 Å². The van der Waals surface area contributed by atoms with Crippen LogP contribution in [0.3, 0.4) is 0 Å². The molecule has 0 saturated carbocycles. The van der Waals surface area contributed by atoms with Crippen LogP contribution in [0.5, 0.6) is 0 Å². The number of hydrogen-bond acceptors (Lipinski definition) is 4. The molecule has 1 aliphatic rings. The van der Waals surface area contributed by atoms with E-state index in [1.54, 1.807) is 0 Å². The molecule has 0 atom stereocenters. The van der Waals surface area contributed by atoms with E-state index < -0.39 is 11.6 Å². The molecule has 1 fully saturated rings. The van der Waals surface area contributed by atoms with Crippen molar-refractivity contribution in [3.8, 4) is 0 Å². The Morgan fingerprint density at radius 2 is 2.00 bits per heavy atom. The Kier molecular flexibility index (Phi) is 5.13. The fraction of sp³-hybridized carbons (Fsp3) is 0.444. The van der Waals surface area contributed by atoms with Gasteiger partial charge in [-0.3, -0.25) is 9.69 Å². The molecule has 1 aromatic carbocycles. The van der Waals surface area contributed by atoms with Crippen molar-refractivity contribution < 1.29 is 18.1 Å². The molecule has 0 radical (unpaired) electrons. The van der Waals surface area contributed by atoms with E-state index in [4.69, 9.17) is 4.52 Å². The van der Waals surface area contributed by atoms with Crippen LogP contribution in [0.25, 0.3) is 0 Å². The van der Waals surface area contributed by atoms with Gasteiger partial charge in [0.25, 0.3) is 5.91 Å². The van der Waals surface area contributed by atoms with Gasteiger partial charge < -0.3 is 9.84 Å². The first-order valence-electron chi connectivity index (χ1n) is 8.34. The quantitative estimate of drug-likeness (QED) is 0.922. The Balaban J connectivity index is 1.52. The minimum atomic E-state index is -1.01. The van der Waals surface area contributed by atoms with E-state index >= 15 is 0 Å². The largest absolute Gasteiger partial charge is 0.361 e. The van der Waals surface area contributed by atoms with Crippen molar-refractivity contribution in [2.45, 2.75) is 39.3 Å². The van der Waals surface area contributed by atoms with Crippen molar-refractivity contribution in [2.24, 2.45) is 0 Å². The van der Waals surface area contributed by atoms with Crippen molar-refractivity contribution >= 4 is 5.91 Å². The number of nitrogens with one attached hydrogen (secondary N) is 1. The molecular formula is C18H21F2N3O2. The fourth-order valence-electron chi connectivity index (χ4n) is 3.09. The Hall–Kier alpha value is -2.28. The number of piperidine rings is 1. The van der Waals surface area contributed by atoms with Crippen LogP contribution < -0.4 is 5.32 Å². The first-order chi connectivity index (χ1) is 11.9. The van der Waals surface area contributed by atoms with E-state index in [0.29, 0.717) is 0 Å². The van der Waals surface area contributed by atoms with Crippen LogP contribution in [0.4, 0.5) is 8.78 Å². The predicted molar refractivity (Wildman–Crippen MR) is 88.1 cm³/mol. The maximum Gasteiger partial charge on any atom is 0.251 e. The SMILES string of the molecule is Cc1noc(C)c1CN1CCC(NC(=O)c2ccc(F)c(F)c2)CC1. The minimum absolute atomic E-state index is 0.0292. The summed E-state index contributed by atoms with van der Waals surface area (Å²) in [6.45, 7) is 6.30. The van der Waals surface area contributed by atoms with Gasteiger partial charge in [-0.15, -0.1) is 0 Å². The molecule has 1 aliphatic heterocycles. The van der Waals surface area contributed by atoms with Gasteiger partial charge in [-0.05, 0) is 44.9 Å². The van der Waals surface area contributed by atoms with Crippen LogP contribution in [0, 0.1) is 25.5 Å². The first kappa shape index (κ1) is 17.5. The van der Waals surface area contributed by atoms with E-state index in [0.717, 1.165) is 61.6 Å².